The molecule has 0 aliphatic carbocycles. The van der Waals surface area contributed by atoms with Gasteiger partial charge in [0.15, 0.2) is 0 Å². The van der Waals surface area contributed by atoms with E-state index in [1.54, 1.807) is 11.7 Å². The van der Waals surface area contributed by atoms with E-state index in [1.165, 1.54) is 17.3 Å². The Kier molecular flexibility index (Phi) is 6.36. The maximum atomic E-state index is 12.3. The van der Waals surface area contributed by atoms with Crippen molar-refractivity contribution < 1.29 is 4.79 Å². The van der Waals surface area contributed by atoms with Crippen LogP contribution in [0.5, 0.6) is 0 Å². The second-order valence-electron chi connectivity index (χ2n) is 6.48. The highest BCUT2D eigenvalue weighted by atomic mass is 32.2. The minimum absolute atomic E-state index is 0.00284. The number of carbonyl (C=O) groups is 1. The van der Waals surface area contributed by atoms with Crippen LogP contribution in [-0.4, -0.2) is 31.9 Å². The van der Waals surface area contributed by atoms with Crippen LogP contribution >= 0.6 is 11.8 Å². The molecule has 0 bridgehead atoms. The van der Waals surface area contributed by atoms with Gasteiger partial charge in [-0.1, -0.05) is 63.7 Å². The van der Waals surface area contributed by atoms with E-state index in [-0.39, 0.29) is 11.9 Å². The summed E-state index contributed by atoms with van der Waals surface area (Å²) in [6, 6.07) is 8.50. The number of hydrogen-bond donors (Lipinski definition) is 1. The summed E-state index contributed by atoms with van der Waals surface area (Å²) in [4.78, 5) is 12.3. The molecular formula is C17H25N5OS. The zero-order valence-electron chi connectivity index (χ0n) is 14.9. The Hall–Kier alpha value is -1.89. The number of aryl methyl sites for hydroxylation is 1. The number of carbonyl (C=O) groups excluding carboxylic acids is 1. The van der Waals surface area contributed by atoms with Crippen molar-refractivity contribution in [3.63, 3.8) is 0 Å². The molecule has 1 heterocycles. The number of nitrogens with zero attached hydrogens (tertiary/aromatic N) is 4. The van der Waals surface area contributed by atoms with Crippen molar-refractivity contribution >= 4 is 17.7 Å². The van der Waals surface area contributed by atoms with Gasteiger partial charge in [0, 0.05) is 7.05 Å². The lowest BCUT2D eigenvalue weighted by Gasteiger charge is -2.23. The molecule has 130 valence electrons. The van der Waals surface area contributed by atoms with Crippen molar-refractivity contribution in [1.82, 2.24) is 25.5 Å². The molecule has 0 saturated heterocycles. The van der Waals surface area contributed by atoms with Crippen LogP contribution in [0.15, 0.2) is 29.4 Å². The predicted molar refractivity (Wildman–Crippen MR) is 95.8 cm³/mol. The number of amides is 1. The molecule has 0 spiro atoms. The molecule has 1 amide bonds. The van der Waals surface area contributed by atoms with Crippen LogP contribution in [0, 0.1) is 5.92 Å². The molecule has 1 aromatic carbocycles. The first-order valence-corrected chi connectivity index (χ1v) is 9.11. The summed E-state index contributed by atoms with van der Waals surface area (Å²) in [7, 11) is 1.76. The predicted octanol–water partition coefficient (Wildman–Crippen LogP) is 2.94. The van der Waals surface area contributed by atoms with Crippen LogP contribution in [0.3, 0.4) is 0 Å². The van der Waals surface area contributed by atoms with E-state index in [0.29, 0.717) is 22.7 Å². The van der Waals surface area contributed by atoms with Gasteiger partial charge in [-0.3, -0.25) is 4.79 Å². The number of tetrazole rings is 1. The molecular weight excluding hydrogens is 322 g/mol. The number of benzene rings is 1. The zero-order valence-corrected chi connectivity index (χ0v) is 15.7. The van der Waals surface area contributed by atoms with E-state index in [4.69, 9.17) is 0 Å². The van der Waals surface area contributed by atoms with Crippen LogP contribution in [0.25, 0.3) is 0 Å². The second-order valence-corrected chi connectivity index (χ2v) is 7.43. The first-order valence-electron chi connectivity index (χ1n) is 8.13. The molecule has 0 unspecified atom stereocenters. The number of thioether (sulfide) groups is 1. The van der Waals surface area contributed by atoms with E-state index in [0.717, 1.165) is 5.56 Å². The Morgan fingerprint density at radius 2 is 1.79 bits per heavy atom. The Balaban J connectivity index is 2.00. The summed E-state index contributed by atoms with van der Waals surface area (Å²) < 4.78 is 1.56. The summed E-state index contributed by atoms with van der Waals surface area (Å²) in [6.45, 7) is 8.58. The van der Waals surface area contributed by atoms with E-state index in [2.05, 4.69) is 72.8 Å². The standard InChI is InChI=1S/C17H25N5OS/c1-11(2)13-6-8-14(9-7-13)16(12(3)4)18-15(23)10-24-17-19-20-21-22(17)5/h6-9,11-12,16H,10H2,1-5H3,(H,18,23)/t16-/m0/s1. The van der Waals surface area contributed by atoms with Crippen molar-refractivity contribution in [2.75, 3.05) is 5.75 Å². The van der Waals surface area contributed by atoms with Gasteiger partial charge in [0.25, 0.3) is 0 Å². The van der Waals surface area contributed by atoms with Crippen LogP contribution in [-0.2, 0) is 11.8 Å². The number of aromatic nitrogens is 4. The summed E-state index contributed by atoms with van der Waals surface area (Å²) in [6.07, 6.45) is 0. The van der Waals surface area contributed by atoms with E-state index >= 15 is 0 Å². The maximum Gasteiger partial charge on any atom is 0.230 e. The smallest absolute Gasteiger partial charge is 0.230 e. The fourth-order valence-electron chi connectivity index (χ4n) is 2.41. The number of rotatable bonds is 7. The molecule has 2 rings (SSSR count). The molecule has 24 heavy (non-hydrogen) atoms. The van der Waals surface area contributed by atoms with Crippen molar-refractivity contribution in [3.05, 3.63) is 35.4 Å². The Morgan fingerprint density at radius 1 is 1.17 bits per heavy atom. The number of hydrogen-bond acceptors (Lipinski definition) is 5. The van der Waals surface area contributed by atoms with Crippen LogP contribution in [0.1, 0.15) is 50.8 Å². The van der Waals surface area contributed by atoms with E-state index in [1.807, 2.05) is 0 Å². The van der Waals surface area contributed by atoms with Gasteiger partial charge in [0.2, 0.25) is 11.1 Å². The lowest BCUT2D eigenvalue weighted by Crippen LogP contribution is -2.33. The SMILES string of the molecule is CC(C)c1ccc([C@@H](NC(=O)CSc2nnnn2C)C(C)C)cc1. The van der Waals surface area contributed by atoms with Crippen LogP contribution in [0.4, 0.5) is 0 Å². The zero-order chi connectivity index (χ0) is 17.7. The summed E-state index contributed by atoms with van der Waals surface area (Å²) in [5.41, 5.74) is 2.44. The third-order valence-electron chi connectivity index (χ3n) is 3.86. The molecule has 7 heteroatoms. The third-order valence-corrected chi connectivity index (χ3v) is 4.87. The molecule has 6 nitrogen and oxygen atoms in total. The van der Waals surface area contributed by atoms with E-state index < -0.39 is 0 Å². The van der Waals surface area contributed by atoms with Crippen molar-refractivity contribution in [2.24, 2.45) is 13.0 Å². The highest BCUT2D eigenvalue weighted by Gasteiger charge is 2.19. The van der Waals surface area contributed by atoms with Gasteiger partial charge in [-0.05, 0) is 33.4 Å². The Bertz CT molecular complexity index is 666. The lowest BCUT2D eigenvalue weighted by molar-refractivity contribution is -0.119. The molecule has 0 aliphatic heterocycles. The minimum atomic E-state index is -0.0189. The summed E-state index contributed by atoms with van der Waals surface area (Å²) in [5, 5.41) is 15.0. The van der Waals surface area contributed by atoms with Gasteiger partial charge >= 0.3 is 0 Å². The van der Waals surface area contributed by atoms with Crippen molar-refractivity contribution in [1.29, 1.82) is 0 Å². The Morgan fingerprint density at radius 3 is 2.29 bits per heavy atom. The normalized spacial score (nSPS) is 12.6. The molecule has 0 saturated carbocycles. The molecule has 1 aromatic heterocycles. The average Bonchev–Trinajstić information content (AvgIpc) is 2.95. The fourth-order valence-corrected chi connectivity index (χ4v) is 3.07. The van der Waals surface area contributed by atoms with Crippen LogP contribution in [0.2, 0.25) is 0 Å². The van der Waals surface area contributed by atoms with Gasteiger partial charge in [-0.2, -0.15) is 0 Å². The summed E-state index contributed by atoms with van der Waals surface area (Å²) in [5.74, 6) is 1.08. The van der Waals surface area contributed by atoms with E-state index in [9.17, 15) is 4.79 Å². The van der Waals surface area contributed by atoms with Gasteiger partial charge in [0.1, 0.15) is 0 Å². The summed E-state index contributed by atoms with van der Waals surface area (Å²) >= 11 is 1.33. The van der Waals surface area contributed by atoms with Crippen LogP contribution < -0.4 is 5.32 Å². The first-order chi connectivity index (χ1) is 11.4. The minimum Gasteiger partial charge on any atom is -0.348 e. The van der Waals surface area contributed by atoms with Crippen molar-refractivity contribution in [3.8, 4) is 0 Å². The van der Waals surface area contributed by atoms with Gasteiger partial charge in [0.05, 0.1) is 11.8 Å². The molecule has 1 atom stereocenters. The monoisotopic (exact) mass is 347 g/mol. The van der Waals surface area contributed by atoms with Gasteiger partial charge in [-0.25, -0.2) is 4.68 Å². The highest BCUT2D eigenvalue weighted by Crippen LogP contribution is 2.24. The molecule has 0 radical (unpaired) electrons. The molecule has 1 N–H and O–H groups in total. The Labute approximate surface area is 147 Å². The molecule has 2 aromatic rings. The largest absolute Gasteiger partial charge is 0.348 e. The topological polar surface area (TPSA) is 72.7 Å². The average molecular weight is 347 g/mol. The van der Waals surface area contributed by atoms with Crippen molar-refractivity contribution in [2.45, 2.75) is 44.8 Å². The maximum absolute atomic E-state index is 12.3. The quantitative estimate of drug-likeness (QED) is 0.780. The lowest BCUT2D eigenvalue weighted by atomic mass is 9.93. The molecule has 0 aliphatic rings. The highest BCUT2D eigenvalue weighted by molar-refractivity contribution is 7.99. The van der Waals surface area contributed by atoms with Gasteiger partial charge in [-0.15, -0.1) is 5.10 Å². The third kappa shape index (κ3) is 4.80. The fraction of sp³-hybridized carbons (Fsp3) is 0.529. The first kappa shape index (κ1) is 18.4. The molecule has 0 fully saturated rings. The second kappa shape index (κ2) is 8.28. The van der Waals surface area contributed by atoms with Gasteiger partial charge < -0.3 is 5.32 Å². The number of nitrogens with one attached hydrogen (secondary N) is 1.